The number of benzene rings is 2. The molecule has 2 aromatic rings. The number of carbonyl (C=O) groups is 1. The Hall–Kier alpha value is -2.33. The van der Waals surface area contributed by atoms with E-state index in [2.05, 4.69) is 19.2 Å². The summed E-state index contributed by atoms with van der Waals surface area (Å²) in [7, 11) is 1.64. The third-order valence-electron chi connectivity index (χ3n) is 4.14. The normalized spacial score (nSPS) is 13.3. The summed E-state index contributed by atoms with van der Waals surface area (Å²) in [5.41, 5.74) is 2.00. The number of nitrogens with one attached hydrogen (secondary N) is 1. The number of carbonyl (C=O) groups excluding carboxylic acids is 1. The van der Waals surface area contributed by atoms with E-state index in [0.29, 0.717) is 6.61 Å². The zero-order chi connectivity index (χ0) is 18.2. The molecule has 2 aromatic carbocycles. The van der Waals surface area contributed by atoms with E-state index in [4.69, 9.17) is 9.47 Å². The smallest absolute Gasteiger partial charge is 0.160 e. The number of methoxy groups -OCH3 is 1. The van der Waals surface area contributed by atoms with E-state index >= 15 is 0 Å². The zero-order valence-electron chi connectivity index (χ0n) is 15.4. The molecule has 1 N–H and O–H groups in total. The molecule has 0 aliphatic heterocycles. The molecule has 0 unspecified atom stereocenters. The van der Waals surface area contributed by atoms with Gasteiger partial charge in [-0.1, -0.05) is 44.2 Å². The third-order valence-corrected chi connectivity index (χ3v) is 4.14. The van der Waals surface area contributed by atoms with Crippen LogP contribution in [0.3, 0.4) is 0 Å². The first-order valence-corrected chi connectivity index (χ1v) is 8.58. The van der Waals surface area contributed by atoms with Gasteiger partial charge in [0.1, 0.15) is 11.9 Å². The van der Waals surface area contributed by atoms with Crippen LogP contribution in [0.5, 0.6) is 5.75 Å². The van der Waals surface area contributed by atoms with Crippen molar-refractivity contribution in [3.05, 3.63) is 60.2 Å². The van der Waals surface area contributed by atoms with Crippen LogP contribution >= 0.6 is 0 Å². The molecule has 0 saturated heterocycles. The minimum absolute atomic E-state index is 0.0237. The van der Waals surface area contributed by atoms with Crippen LogP contribution in [0.15, 0.2) is 54.6 Å². The van der Waals surface area contributed by atoms with Crippen molar-refractivity contribution >= 4 is 11.5 Å². The fourth-order valence-electron chi connectivity index (χ4n) is 2.71. The summed E-state index contributed by atoms with van der Waals surface area (Å²) < 4.78 is 11.2. The molecule has 0 fully saturated rings. The summed E-state index contributed by atoms with van der Waals surface area (Å²) in [6.07, 6.45) is -0.512. The molecule has 0 radical (unpaired) electrons. The van der Waals surface area contributed by atoms with Crippen LogP contribution in [0.1, 0.15) is 26.3 Å². The van der Waals surface area contributed by atoms with Gasteiger partial charge in [0, 0.05) is 5.69 Å². The number of Topliss-reactive ketones (excluding diaryl/α,β-unsaturated/α-hetero) is 1. The summed E-state index contributed by atoms with van der Waals surface area (Å²) in [5.74, 6) is 1.05. The lowest BCUT2D eigenvalue weighted by atomic mass is 9.95. The SMILES string of the molecule is COc1ccc(N[C@H](C(C)C)[C@@H](OCc2ccccc2)C(C)=O)cc1. The molecule has 2 rings (SSSR count). The van der Waals surface area contributed by atoms with Crippen LogP contribution in [0.4, 0.5) is 5.69 Å². The fourth-order valence-corrected chi connectivity index (χ4v) is 2.71. The average Bonchev–Trinajstić information content (AvgIpc) is 2.62. The molecule has 0 heterocycles. The molecule has 25 heavy (non-hydrogen) atoms. The lowest BCUT2D eigenvalue weighted by molar-refractivity contribution is -0.130. The van der Waals surface area contributed by atoms with E-state index in [0.717, 1.165) is 17.0 Å². The Morgan fingerprint density at radius 1 is 1.04 bits per heavy atom. The van der Waals surface area contributed by atoms with Crippen LogP contribution in [0, 0.1) is 5.92 Å². The Kier molecular flexibility index (Phi) is 7.02. The van der Waals surface area contributed by atoms with Gasteiger partial charge in [-0.05, 0) is 42.7 Å². The lowest BCUT2D eigenvalue weighted by Crippen LogP contribution is -2.44. The third kappa shape index (κ3) is 5.61. The molecule has 4 nitrogen and oxygen atoms in total. The van der Waals surface area contributed by atoms with E-state index in [1.807, 2.05) is 54.6 Å². The van der Waals surface area contributed by atoms with Crippen molar-refractivity contribution < 1.29 is 14.3 Å². The Morgan fingerprint density at radius 2 is 1.68 bits per heavy atom. The Morgan fingerprint density at radius 3 is 2.20 bits per heavy atom. The van der Waals surface area contributed by atoms with Crippen molar-refractivity contribution in [3.8, 4) is 5.75 Å². The predicted octanol–water partition coefficient (Wildman–Crippen LogP) is 4.31. The first kappa shape index (κ1) is 19.0. The van der Waals surface area contributed by atoms with Gasteiger partial charge in [-0.2, -0.15) is 0 Å². The molecule has 0 saturated carbocycles. The summed E-state index contributed by atoms with van der Waals surface area (Å²) in [6, 6.07) is 17.5. The Labute approximate surface area is 150 Å². The monoisotopic (exact) mass is 341 g/mol. The molecule has 0 aromatic heterocycles. The average molecular weight is 341 g/mol. The van der Waals surface area contributed by atoms with E-state index in [1.54, 1.807) is 14.0 Å². The minimum Gasteiger partial charge on any atom is -0.497 e. The van der Waals surface area contributed by atoms with Crippen molar-refractivity contribution in [2.75, 3.05) is 12.4 Å². The first-order valence-electron chi connectivity index (χ1n) is 8.58. The standard InChI is InChI=1S/C21H27NO3/c1-15(2)20(22-18-10-12-19(24-4)13-11-18)21(16(3)23)25-14-17-8-6-5-7-9-17/h5-13,15,20-22H,14H2,1-4H3/t20-,21+/m1/s1. The molecule has 4 heteroatoms. The van der Waals surface area contributed by atoms with E-state index in [-0.39, 0.29) is 17.7 Å². The van der Waals surface area contributed by atoms with Gasteiger partial charge in [0.25, 0.3) is 0 Å². The molecular formula is C21H27NO3. The van der Waals surface area contributed by atoms with Crippen LogP contribution in [-0.4, -0.2) is 25.0 Å². The highest BCUT2D eigenvalue weighted by Crippen LogP contribution is 2.21. The van der Waals surface area contributed by atoms with Gasteiger partial charge in [0.05, 0.1) is 19.8 Å². The quantitative estimate of drug-likeness (QED) is 0.738. The number of ketones is 1. The summed E-state index contributed by atoms with van der Waals surface area (Å²) >= 11 is 0. The number of rotatable bonds is 9. The molecule has 0 aliphatic carbocycles. The summed E-state index contributed by atoms with van der Waals surface area (Å²) in [6.45, 7) is 6.17. The molecule has 134 valence electrons. The number of ether oxygens (including phenoxy) is 2. The van der Waals surface area contributed by atoms with E-state index < -0.39 is 6.10 Å². The second-order valence-electron chi connectivity index (χ2n) is 6.47. The van der Waals surface area contributed by atoms with Gasteiger partial charge in [-0.15, -0.1) is 0 Å². The molecule has 0 bridgehead atoms. The summed E-state index contributed by atoms with van der Waals surface area (Å²) in [4.78, 5) is 12.2. The molecule has 0 aliphatic rings. The number of hydrogen-bond acceptors (Lipinski definition) is 4. The van der Waals surface area contributed by atoms with Crippen LogP contribution < -0.4 is 10.1 Å². The molecular weight excluding hydrogens is 314 g/mol. The van der Waals surface area contributed by atoms with Gasteiger partial charge >= 0.3 is 0 Å². The van der Waals surface area contributed by atoms with Crippen molar-refractivity contribution in [1.29, 1.82) is 0 Å². The van der Waals surface area contributed by atoms with E-state index in [1.165, 1.54) is 0 Å². The second kappa shape index (κ2) is 9.23. The topological polar surface area (TPSA) is 47.6 Å². The van der Waals surface area contributed by atoms with Crippen molar-refractivity contribution in [3.63, 3.8) is 0 Å². The largest absolute Gasteiger partial charge is 0.497 e. The van der Waals surface area contributed by atoms with Crippen molar-refractivity contribution in [1.82, 2.24) is 0 Å². The second-order valence-corrected chi connectivity index (χ2v) is 6.47. The lowest BCUT2D eigenvalue weighted by Gasteiger charge is -2.30. The summed E-state index contributed by atoms with van der Waals surface area (Å²) in [5, 5.41) is 3.45. The van der Waals surface area contributed by atoms with Crippen molar-refractivity contribution in [2.24, 2.45) is 5.92 Å². The Balaban J connectivity index is 2.11. The van der Waals surface area contributed by atoms with Gasteiger partial charge in [0.2, 0.25) is 0 Å². The Bertz CT molecular complexity index is 653. The highest BCUT2D eigenvalue weighted by Gasteiger charge is 2.29. The maximum atomic E-state index is 12.2. The minimum atomic E-state index is -0.512. The maximum absolute atomic E-state index is 12.2. The molecule has 2 atom stereocenters. The maximum Gasteiger partial charge on any atom is 0.160 e. The van der Waals surface area contributed by atoms with Crippen LogP contribution in [0.2, 0.25) is 0 Å². The van der Waals surface area contributed by atoms with Gasteiger partial charge < -0.3 is 14.8 Å². The molecule has 0 spiro atoms. The molecule has 0 amide bonds. The highest BCUT2D eigenvalue weighted by atomic mass is 16.5. The van der Waals surface area contributed by atoms with Crippen molar-refractivity contribution in [2.45, 2.75) is 39.5 Å². The van der Waals surface area contributed by atoms with E-state index in [9.17, 15) is 4.79 Å². The zero-order valence-corrected chi connectivity index (χ0v) is 15.4. The highest BCUT2D eigenvalue weighted by molar-refractivity contribution is 5.82. The van der Waals surface area contributed by atoms with Crippen LogP contribution in [0.25, 0.3) is 0 Å². The first-order chi connectivity index (χ1) is 12.0. The fraction of sp³-hybridized carbons (Fsp3) is 0.381. The van der Waals surface area contributed by atoms with Gasteiger partial charge in [-0.25, -0.2) is 0 Å². The van der Waals surface area contributed by atoms with Gasteiger partial charge in [-0.3, -0.25) is 4.79 Å². The van der Waals surface area contributed by atoms with Gasteiger partial charge in [0.15, 0.2) is 5.78 Å². The van der Waals surface area contributed by atoms with Crippen LogP contribution in [-0.2, 0) is 16.1 Å². The number of hydrogen-bond donors (Lipinski definition) is 1. The number of anilines is 1. The predicted molar refractivity (Wildman–Crippen MR) is 101 cm³/mol.